The number of benzene rings is 1. The summed E-state index contributed by atoms with van der Waals surface area (Å²) < 4.78 is 0.841. The SMILES string of the molecule is Cc1nnc(SCC(N)(C#N)c2ccccc2)s1. The molecule has 6 heteroatoms. The maximum atomic E-state index is 9.30. The highest BCUT2D eigenvalue weighted by Gasteiger charge is 2.27. The third-order valence-electron chi connectivity index (χ3n) is 2.42. The van der Waals surface area contributed by atoms with E-state index in [1.165, 1.54) is 23.1 Å². The molecule has 1 aromatic carbocycles. The highest BCUT2D eigenvalue weighted by atomic mass is 32.2. The largest absolute Gasteiger partial charge is 0.309 e. The van der Waals surface area contributed by atoms with Crippen LogP contribution in [0.25, 0.3) is 0 Å². The van der Waals surface area contributed by atoms with Crippen LogP contribution < -0.4 is 5.73 Å². The summed E-state index contributed by atoms with van der Waals surface area (Å²) in [5.74, 6) is 0.460. The average Bonchev–Trinajstić information content (AvgIpc) is 2.83. The topological polar surface area (TPSA) is 75.6 Å². The Hall–Kier alpha value is -1.42. The Labute approximate surface area is 114 Å². The minimum absolute atomic E-state index is 0.460. The zero-order valence-corrected chi connectivity index (χ0v) is 11.5. The van der Waals surface area contributed by atoms with E-state index >= 15 is 0 Å². The molecular formula is C12H12N4S2. The molecule has 2 rings (SSSR count). The number of nitrogens with zero attached hydrogens (tertiary/aromatic N) is 3. The van der Waals surface area contributed by atoms with E-state index in [2.05, 4.69) is 16.3 Å². The minimum Gasteiger partial charge on any atom is -0.309 e. The second-order valence-electron chi connectivity index (χ2n) is 3.82. The summed E-state index contributed by atoms with van der Waals surface area (Å²) in [5.41, 5.74) is 5.97. The van der Waals surface area contributed by atoms with Crippen LogP contribution in [-0.2, 0) is 5.54 Å². The molecule has 2 N–H and O–H groups in total. The van der Waals surface area contributed by atoms with Gasteiger partial charge in [0.1, 0.15) is 10.5 Å². The van der Waals surface area contributed by atoms with Crippen molar-refractivity contribution in [1.82, 2.24) is 10.2 Å². The van der Waals surface area contributed by atoms with Crippen molar-refractivity contribution in [2.45, 2.75) is 16.8 Å². The second kappa shape index (κ2) is 5.48. The lowest BCUT2D eigenvalue weighted by molar-refractivity contribution is 0.658. The summed E-state index contributed by atoms with van der Waals surface area (Å²) in [6.45, 7) is 1.90. The molecule has 0 aliphatic carbocycles. The molecule has 92 valence electrons. The van der Waals surface area contributed by atoms with E-state index in [1.807, 2.05) is 37.3 Å². The Morgan fingerprint density at radius 2 is 2.11 bits per heavy atom. The first-order valence-corrected chi connectivity index (χ1v) is 7.13. The van der Waals surface area contributed by atoms with Crippen LogP contribution >= 0.6 is 23.1 Å². The maximum Gasteiger partial charge on any atom is 0.174 e. The fourth-order valence-electron chi connectivity index (χ4n) is 1.43. The molecule has 0 bridgehead atoms. The maximum absolute atomic E-state index is 9.30. The van der Waals surface area contributed by atoms with Gasteiger partial charge in [-0.2, -0.15) is 5.26 Å². The van der Waals surface area contributed by atoms with Crippen LogP contribution in [0.4, 0.5) is 0 Å². The van der Waals surface area contributed by atoms with Crippen LogP contribution in [0.2, 0.25) is 0 Å². The van der Waals surface area contributed by atoms with Crippen LogP contribution in [-0.4, -0.2) is 16.0 Å². The van der Waals surface area contributed by atoms with Gasteiger partial charge >= 0.3 is 0 Å². The number of hydrogen-bond donors (Lipinski definition) is 1. The summed E-state index contributed by atoms with van der Waals surface area (Å²) in [6, 6.07) is 11.6. The molecule has 1 atom stereocenters. The fraction of sp³-hybridized carbons (Fsp3) is 0.250. The summed E-state index contributed by atoms with van der Waals surface area (Å²) in [7, 11) is 0. The molecule has 2 aromatic rings. The zero-order chi connectivity index (χ0) is 13.0. The van der Waals surface area contributed by atoms with Crippen molar-refractivity contribution in [1.29, 1.82) is 5.26 Å². The summed E-state index contributed by atoms with van der Waals surface area (Å²) in [5, 5.41) is 18.2. The Kier molecular flexibility index (Phi) is 3.97. The van der Waals surface area contributed by atoms with Crippen molar-refractivity contribution < 1.29 is 0 Å². The van der Waals surface area contributed by atoms with Crippen LogP contribution in [0.3, 0.4) is 0 Å². The molecule has 1 aromatic heterocycles. The highest BCUT2D eigenvalue weighted by molar-refractivity contribution is 8.01. The van der Waals surface area contributed by atoms with Gasteiger partial charge in [0.2, 0.25) is 0 Å². The van der Waals surface area contributed by atoms with E-state index in [4.69, 9.17) is 5.73 Å². The van der Waals surface area contributed by atoms with Gasteiger partial charge in [0, 0.05) is 5.75 Å². The van der Waals surface area contributed by atoms with Crippen molar-refractivity contribution in [2.24, 2.45) is 5.73 Å². The van der Waals surface area contributed by atoms with Gasteiger partial charge in [-0.3, -0.25) is 0 Å². The van der Waals surface area contributed by atoms with E-state index in [9.17, 15) is 5.26 Å². The molecule has 0 aliphatic heterocycles. The van der Waals surface area contributed by atoms with Crippen molar-refractivity contribution in [3.05, 3.63) is 40.9 Å². The smallest absolute Gasteiger partial charge is 0.174 e. The predicted octanol–water partition coefficient (Wildman–Crippen LogP) is 2.32. The lowest BCUT2D eigenvalue weighted by Gasteiger charge is -2.20. The molecule has 0 saturated heterocycles. The molecule has 1 unspecified atom stereocenters. The van der Waals surface area contributed by atoms with E-state index in [0.717, 1.165) is 14.9 Å². The van der Waals surface area contributed by atoms with Gasteiger partial charge in [-0.15, -0.1) is 10.2 Å². The summed E-state index contributed by atoms with van der Waals surface area (Å²) >= 11 is 2.97. The molecule has 18 heavy (non-hydrogen) atoms. The van der Waals surface area contributed by atoms with Gasteiger partial charge in [-0.05, 0) is 12.5 Å². The molecule has 0 spiro atoms. The van der Waals surface area contributed by atoms with Gasteiger partial charge in [0.25, 0.3) is 0 Å². The van der Waals surface area contributed by atoms with Crippen LogP contribution in [0.15, 0.2) is 34.7 Å². The molecule has 0 radical (unpaired) electrons. The minimum atomic E-state index is -0.995. The molecule has 0 amide bonds. The lowest BCUT2D eigenvalue weighted by Crippen LogP contribution is -2.37. The van der Waals surface area contributed by atoms with E-state index < -0.39 is 5.54 Å². The van der Waals surface area contributed by atoms with E-state index in [1.54, 1.807) is 0 Å². The van der Waals surface area contributed by atoms with E-state index in [0.29, 0.717) is 5.75 Å². The molecule has 4 nitrogen and oxygen atoms in total. The molecular weight excluding hydrogens is 264 g/mol. The van der Waals surface area contributed by atoms with Crippen LogP contribution in [0.5, 0.6) is 0 Å². The standard InChI is InChI=1S/C12H12N4S2/c1-9-15-16-11(18-9)17-8-12(14,7-13)10-5-3-2-4-6-10/h2-6H,8,14H2,1H3. The Bertz CT molecular complexity index is 561. The van der Waals surface area contributed by atoms with Gasteiger partial charge in [0.15, 0.2) is 4.34 Å². The van der Waals surface area contributed by atoms with Crippen molar-refractivity contribution >= 4 is 23.1 Å². The number of aromatic nitrogens is 2. The molecule has 0 aliphatic rings. The monoisotopic (exact) mass is 276 g/mol. The first kappa shape index (κ1) is 13.0. The number of thioether (sulfide) groups is 1. The van der Waals surface area contributed by atoms with Gasteiger partial charge in [0.05, 0.1) is 6.07 Å². The Morgan fingerprint density at radius 1 is 1.39 bits per heavy atom. The first-order chi connectivity index (χ1) is 8.64. The number of aryl methyl sites for hydroxylation is 1. The summed E-state index contributed by atoms with van der Waals surface area (Å²) in [6.07, 6.45) is 0. The predicted molar refractivity (Wildman–Crippen MR) is 73.3 cm³/mol. The normalized spacial score (nSPS) is 13.8. The number of nitriles is 1. The van der Waals surface area contributed by atoms with Crippen molar-refractivity contribution in [3.8, 4) is 6.07 Å². The Morgan fingerprint density at radius 3 is 2.67 bits per heavy atom. The third kappa shape index (κ3) is 2.88. The number of rotatable bonds is 4. The zero-order valence-electron chi connectivity index (χ0n) is 9.83. The molecule has 0 fully saturated rings. The molecule has 0 saturated carbocycles. The second-order valence-corrected chi connectivity index (χ2v) is 6.23. The quantitative estimate of drug-likeness (QED) is 0.867. The first-order valence-electron chi connectivity index (χ1n) is 5.32. The number of nitrogens with two attached hydrogens (primary N) is 1. The van der Waals surface area contributed by atoms with Gasteiger partial charge in [-0.1, -0.05) is 53.4 Å². The van der Waals surface area contributed by atoms with Crippen molar-refractivity contribution in [3.63, 3.8) is 0 Å². The van der Waals surface area contributed by atoms with E-state index in [-0.39, 0.29) is 0 Å². The Balaban J connectivity index is 2.12. The van der Waals surface area contributed by atoms with Crippen LogP contribution in [0.1, 0.15) is 10.6 Å². The summed E-state index contributed by atoms with van der Waals surface area (Å²) in [4.78, 5) is 0. The highest BCUT2D eigenvalue weighted by Crippen LogP contribution is 2.29. The fourth-order valence-corrected chi connectivity index (χ4v) is 3.30. The van der Waals surface area contributed by atoms with Gasteiger partial charge < -0.3 is 5.73 Å². The number of hydrogen-bond acceptors (Lipinski definition) is 6. The third-order valence-corrected chi connectivity index (χ3v) is 4.58. The molecule has 1 heterocycles. The lowest BCUT2D eigenvalue weighted by atomic mass is 9.95. The average molecular weight is 276 g/mol. The van der Waals surface area contributed by atoms with Crippen molar-refractivity contribution in [2.75, 3.05) is 5.75 Å². The van der Waals surface area contributed by atoms with Gasteiger partial charge in [-0.25, -0.2) is 0 Å². The van der Waals surface area contributed by atoms with Crippen LogP contribution in [0, 0.1) is 18.3 Å².